The minimum Gasteiger partial charge on any atom is -0.312 e. The van der Waals surface area contributed by atoms with Crippen LogP contribution in [0.2, 0.25) is 0 Å². The molecule has 22 heavy (non-hydrogen) atoms. The third kappa shape index (κ3) is 3.45. The van der Waals surface area contributed by atoms with Gasteiger partial charge in [0.05, 0.1) is 5.69 Å². The molecular weight excluding hydrogens is 274 g/mol. The van der Waals surface area contributed by atoms with E-state index in [0.29, 0.717) is 0 Å². The summed E-state index contributed by atoms with van der Waals surface area (Å²) in [6.45, 7) is 3.84. The highest BCUT2D eigenvalue weighted by atomic mass is 16.1. The maximum absolute atomic E-state index is 11.8. The van der Waals surface area contributed by atoms with Gasteiger partial charge >= 0.3 is 0 Å². The molecule has 4 nitrogen and oxygen atoms in total. The normalized spacial score (nSPS) is 13.9. The number of aromatic nitrogens is 2. The standard InChI is InChI=1S/C18H23N3O/c1-13-6-8-14(9-7-13)12-19-11-10-17-15-4-2-3-5-16(15)18(22)21-20-17/h6-9,19H,2-5,10-12H2,1H3,(H,21,22). The van der Waals surface area contributed by atoms with Gasteiger partial charge in [-0.3, -0.25) is 4.79 Å². The summed E-state index contributed by atoms with van der Waals surface area (Å²) in [4.78, 5) is 11.8. The van der Waals surface area contributed by atoms with Gasteiger partial charge in [0.1, 0.15) is 0 Å². The number of benzene rings is 1. The maximum Gasteiger partial charge on any atom is 0.267 e. The Morgan fingerprint density at radius 1 is 1.14 bits per heavy atom. The fourth-order valence-electron chi connectivity index (χ4n) is 3.08. The SMILES string of the molecule is Cc1ccc(CNCCc2n[nH]c(=O)c3c2CCCC3)cc1. The molecule has 116 valence electrons. The highest BCUT2D eigenvalue weighted by Gasteiger charge is 2.17. The molecule has 1 aromatic heterocycles. The predicted molar refractivity (Wildman–Crippen MR) is 88.1 cm³/mol. The van der Waals surface area contributed by atoms with E-state index in [1.807, 2.05) is 0 Å². The second-order valence-electron chi connectivity index (χ2n) is 6.08. The van der Waals surface area contributed by atoms with Crippen molar-refractivity contribution in [2.45, 2.75) is 45.6 Å². The Labute approximate surface area is 131 Å². The first-order chi connectivity index (χ1) is 10.7. The van der Waals surface area contributed by atoms with Gasteiger partial charge in [-0.1, -0.05) is 29.8 Å². The number of hydrogen-bond acceptors (Lipinski definition) is 3. The van der Waals surface area contributed by atoms with Crippen LogP contribution in [0.15, 0.2) is 29.1 Å². The fraction of sp³-hybridized carbons (Fsp3) is 0.444. The van der Waals surface area contributed by atoms with Gasteiger partial charge in [0.25, 0.3) is 5.56 Å². The van der Waals surface area contributed by atoms with Crippen molar-refractivity contribution in [3.63, 3.8) is 0 Å². The molecule has 0 radical (unpaired) electrons. The van der Waals surface area contributed by atoms with E-state index in [9.17, 15) is 4.79 Å². The van der Waals surface area contributed by atoms with E-state index in [0.717, 1.165) is 50.0 Å². The summed E-state index contributed by atoms with van der Waals surface area (Å²) in [5.74, 6) is 0. The Balaban J connectivity index is 1.58. The number of hydrogen-bond donors (Lipinski definition) is 2. The molecule has 0 saturated carbocycles. The van der Waals surface area contributed by atoms with Crippen LogP contribution in [-0.2, 0) is 25.8 Å². The zero-order chi connectivity index (χ0) is 15.4. The lowest BCUT2D eigenvalue weighted by atomic mass is 9.91. The average molecular weight is 297 g/mol. The Bertz CT molecular complexity index is 688. The molecule has 2 aromatic rings. The van der Waals surface area contributed by atoms with E-state index in [2.05, 4.69) is 46.7 Å². The smallest absolute Gasteiger partial charge is 0.267 e. The summed E-state index contributed by atoms with van der Waals surface area (Å²) in [6, 6.07) is 8.58. The van der Waals surface area contributed by atoms with Crippen molar-refractivity contribution in [1.29, 1.82) is 0 Å². The fourth-order valence-corrected chi connectivity index (χ4v) is 3.08. The monoisotopic (exact) mass is 297 g/mol. The number of rotatable bonds is 5. The number of H-pyrrole nitrogens is 1. The minimum absolute atomic E-state index is 0.00562. The third-order valence-electron chi connectivity index (χ3n) is 4.37. The van der Waals surface area contributed by atoms with Crippen LogP contribution in [0.5, 0.6) is 0 Å². The van der Waals surface area contributed by atoms with E-state index in [1.54, 1.807) is 0 Å². The molecule has 1 heterocycles. The molecule has 0 bridgehead atoms. The molecule has 3 rings (SSSR count). The highest BCUT2D eigenvalue weighted by Crippen LogP contribution is 2.20. The van der Waals surface area contributed by atoms with E-state index in [4.69, 9.17) is 0 Å². The Hall–Kier alpha value is -1.94. The first-order valence-electron chi connectivity index (χ1n) is 8.09. The number of nitrogens with one attached hydrogen (secondary N) is 2. The summed E-state index contributed by atoms with van der Waals surface area (Å²) >= 11 is 0. The van der Waals surface area contributed by atoms with Crippen molar-refractivity contribution in [3.05, 3.63) is 62.6 Å². The molecule has 1 aromatic carbocycles. The molecular formula is C18H23N3O. The minimum atomic E-state index is 0.00562. The molecule has 4 heteroatoms. The largest absolute Gasteiger partial charge is 0.312 e. The molecule has 0 saturated heterocycles. The van der Waals surface area contributed by atoms with Crippen LogP contribution < -0.4 is 10.9 Å². The van der Waals surface area contributed by atoms with Gasteiger partial charge in [-0.05, 0) is 43.7 Å². The van der Waals surface area contributed by atoms with Crippen molar-refractivity contribution in [2.75, 3.05) is 6.54 Å². The Kier molecular flexibility index (Phi) is 4.68. The van der Waals surface area contributed by atoms with Crippen LogP contribution >= 0.6 is 0 Å². The lowest BCUT2D eigenvalue weighted by Crippen LogP contribution is -2.25. The van der Waals surface area contributed by atoms with Crippen molar-refractivity contribution >= 4 is 0 Å². The molecule has 0 fully saturated rings. The summed E-state index contributed by atoms with van der Waals surface area (Å²) < 4.78 is 0. The summed E-state index contributed by atoms with van der Waals surface area (Å²) in [7, 11) is 0. The van der Waals surface area contributed by atoms with Gasteiger partial charge in [0.2, 0.25) is 0 Å². The second kappa shape index (κ2) is 6.88. The zero-order valence-corrected chi connectivity index (χ0v) is 13.1. The molecule has 0 amide bonds. The van der Waals surface area contributed by atoms with Crippen LogP contribution in [0.25, 0.3) is 0 Å². The average Bonchev–Trinajstić information content (AvgIpc) is 2.55. The number of fused-ring (bicyclic) bond motifs is 1. The molecule has 2 N–H and O–H groups in total. The molecule has 1 aliphatic carbocycles. The van der Waals surface area contributed by atoms with Gasteiger partial charge in [0.15, 0.2) is 0 Å². The van der Waals surface area contributed by atoms with Crippen LogP contribution in [0.4, 0.5) is 0 Å². The Morgan fingerprint density at radius 2 is 1.86 bits per heavy atom. The van der Waals surface area contributed by atoms with Crippen molar-refractivity contribution in [3.8, 4) is 0 Å². The molecule has 0 unspecified atom stereocenters. The van der Waals surface area contributed by atoms with Gasteiger partial charge in [-0.25, -0.2) is 5.10 Å². The van der Waals surface area contributed by atoms with E-state index in [-0.39, 0.29) is 5.56 Å². The quantitative estimate of drug-likeness (QED) is 0.833. The highest BCUT2D eigenvalue weighted by molar-refractivity contribution is 5.30. The van der Waals surface area contributed by atoms with Gasteiger partial charge < -0.3 is 5.32 Å². The molecule has 0 atom stereocenters. The summed E-state index contributed by atoms with van der Waals surface area (Å²) in [5.41, 5.74) is 5.81. The van der Waals surface area contributed by atoms with Crippen LogP contribution in [0.3, 0.4) is 0 Å². The molecule has 1 aliphatic rings. The van der Waals surface area contributed by atoms with Crippen molar-refractivity contribution < 1.29 is 0 Å². The van der Waals surface area contributed by atoms with Crippen LogP contribution in [-0.4, -0.2) is 16.7 Å². The van der Waals surface area contributed by atoms with Crippen molar-refractivity contribution in [2.24, 2.45) is 0 Å². The second-order valence-corrected chi connectivity index (χ2v) is 6.08. The first kappa shape index (κ1) is 15.0. The van der Waals surface area contributed by atoms with E-state index < -0.39 is 0 Å². The lowest BCUT2D eigenvalue weighted by Gasteiger charge is -2.17. The summed E-state index contributed by atoms with van der Waals surface area (Å²) in [6.07, 6.45) is 5.05. The number of nitrogens with zero attached hydrogens (tertiary/aromatic N) is 1. The number of aromatic amines is 1. The zero-order valence-electron chi connectivity index (χ0n) is 13.1. The maximum atomic E-state index is 11.8. The van der Waals surface area contributed by atoms with Crippen LogP contribution in [0.1, 0.15) is 40.8 Å². The summed E-state index contributed by atoms with van der Waals surface area (Å²) in [5, 5.41) is 10.4. The lowest BCUT2D eigenvalue weighted by molar-refractivity contribution is 0.630. The predicted octanol–water partition coefficient (Wildman–Crippen LogP) is 2.29. The Morgan fingerprint density at radius 3 is 2.64 bits per heavy atom. The van der Waals surface area contributed by atoms with E-state index in [1.165, 1.54) is 23.1 Å². The van der Waals surface area contributed by atoms with Crippen molar-refractivity contribution in [1.82, 2.24) is 15.5 Å². The van der Waals surface area contributed by atoms with Gasteiger partial charge in [-0.15, -0.1) is 0 Å². The molecule has 0 spiro atoms. The first-order valence-corrected chi connectivity index (χ1v) is 8.09. The van der Waals surface area contributed by atoms with Gasteiger partial charge in [-0.2, -0.15) is 5.10 Å². The number of aryl methyl sites for hydroxylation is 1. The van der Waals surface area contributed by atoms with E-state index >= 15 is 0 Å². The topological polar surface area (TPSA) is 57.8 Å². The third-order valence-corrected chi connectivity index (χ3v) is 4.37. The van der Waals surface area contributed by atoms with Gasteiger partial charge in [0, 0.05) is 25.1 Å². The van der Waals surface area contributed by atoms with Crippen LogP contribution in [0, 0.1) is 6.92 Å². The molecule has 0 aliphatic heterocycles.